The Morgan fingerprint density at radius 3 is 2.74 bits per heavy atom. The Labute approximate surface area is 116 Å². The zero-order chi connectivity index (χ0) is 14.0. The van der Waals surface area contributed by atoms with Gasteiger partial charge in [-0.25, -0.2) is 0 Å². The molecule has 0 radical (unpaired) electrons. The van der Waals surface area contributed by atoms with E-state index in [1.54, 1.807) is 23.3 Å². The number of aromatic nitrogens is 1. The van der Waals surface area contributed by atoms with Crippen LogP contribution in [0.5, 0.6) is 5.75 Å². The summed E-state index contributed by atoms with van der Waals surface area (Å²) >= 11 is 1.68. The minimum Gasteiger partial charge on any atom is -0.506 e. The number of aromatic hydroxyl groups is 1. The van der Waals surface area contributed by atoms with E-state index in [-0.39, 0.29) is 17.7 Å². The van der Waals surface area contributed by atoms with E-state index in [0.717, 1.165) is 4.88 Å². The molecule has 0 saturated heterocycles. The second-order valence-electron chi connectivity index (χ2n) is 4.47. The second-order valence-corrected chi connectivity index (χ2v) is 5.79. The Balaban J connectivity index is 2.19. The van der Waals surface area contributed by atoms with Gasteiger partial charge in [-0.1, -0.05) is 0 Å². The number of hydrogen-bond acceptors (Lipinski definition) is 4. The second kappa shape index (κ2) is 5.40. The Morgan fingerprint density at radius 1 is 1.42 bits per heavy atom. The molecule has 0 aliphatic rings. The number of nitrogens with zero attached hydrogens (tertiary/aromatic N) is 2. The maximum Gasteiger partial charge on any atom is 0.255 e. The van der Waals surface area contributed by atoms with Gasteiger partial charge in [-0.15, -0.1) is 11.3 Å². The normalized spacial score (nSPS) is 12.2. The lowest BCUT2D eigenvalue weighted by atomic mass is 10.2. The molecule has 0 saturated carbocycles. The van der Waals surface area contributed by atoms with E-state index in [2.05, 4.69) is 4.98 Å². The molecule has 0 spiro atoms. The summed E-state index contributed by atoms with van der Waals surface area (Å²) in [7, 11) is 1.76. The summed E-state index contributed by atoms with van der Waals surface area (Å²) in [6, 6.07) is 5.51. The van der Waals surface area contributed by atoms with Gasteiger partial charge in [-0.05, 0) is 32.0 Å². The molecule has 100 valence electrons. The zero-order valence-electron chi connectivity index (χ0n) is 11.1. The van der Waals surface area contributed by atoms with Gasteiger partial charge in [0.05, 0.1) is 17.8 Å². The summed E-state index contributed by atoms with van der Waals surface area (Å²) in [6.07, 6.45) is 2.77. The molecule has 2 heterocycles. The molecule has 1 amide bonds. The molecule has 1 unspecified atom stereocenters. The molecule has 0 aliphatic heterocycles. The Bertz CT molecular complexity index is 595. The maximum atomic E-state index is 12.3. The first kappa shape index (κ1) is 13.5. The van der Waals surface area contributed by atoms with Crippen molar-refractivity contribution >= 4 is 17.2 Å². The van der Waals surface area contributed by atoms with Crippen molar-refractivity contribution in [1.82, 2.24) is 9.88 Å². The zero-order valence-corrected chi connectivity index (χ0v) is 11.9. The summed E-state index contributed by atoms with van der Waals surface area (Å²) < 4.78 is 0. The van der Waals surface area contributed by atoms with Crippen molar-refractivity contribution in [2.45, 2.75) is 19.9 Å². The summed E-state index contributed by atoms with van der Waals surface area (Å²) in [6.45, 7) is 4.03. The third-order valence-corrected chi connectivity index (χ3v) is 4.22. The lowest BCUT2D eigenvalue weighted by Crippen LogP contribution is -2.29. The minimum absolute atomic E-state index is 0.00105. The van der Waals surface area contributed by atoms with Crippen molar-refractivity contribution in [2.24, 2.45) is 0 Å². The van der Waals surface area contributed by atoms with E-state index in [9.17, 15) is 9.90 Å². The Hall–Kier alpha value is -1.88. The van der Waals surface area contributed by atoms with E-state index in [0.29, 0.717) is 5.56 Å². The van der Waals surface area contributed by atoms with Crippen molar-refractivity contribution in [1.29, 1.82) is 0 Å². The molecule has 0 aromatic carbocycles. The van der Waals surface area contributed by atoms with Crippen LogP contribution in [0.3, 0.4) is 0 Å². The minimum atomic E-state index is -0.151. The highest BCUT2D eigenvalue weighted by atomic mass is 32.1. The van der Waals surface area contributed by atoms with Crippen molar-refractivity contribution in [3.05, 3.63) is 45.9 Å². The molecule has 2 aromatic rings. The number of thiophene rings is 1. The van der Waals surface area contributed by atoms with E-state index in [1.807, 2.05) is 26.0 Å². The van der Waals surface area contributed by atoms with Gasteiger partial charge in [0.1, 0.15) is 5.75 Å². The lowest BCUT2D eigenvalue weighted by molar-refractivity contribution is 0.0744. The highest BCUT2D eigenvalue weighted by Gasteiger charge is 2.20. The lowest BCUT2D eigenvalue weighted by Gasteiger charge is -2.24. The van der Waals surface area contributed by atoms with Gasteiger partial charge in [0.25, 0.3) is 5.91 Å². The fourth-order valence-electron chi connectivity index (χ4n) is 1.79. The predicted molar refractivity (Wildman–Crippen MR) is 75.5 cm³/mol. The fourth-order valence-corrected chi connectivity index (χ4v) is 2.77. The standard InChI is InChI=1S/C14H16N2O2S/c1-9-4-5-13(19-9)10(2)16(3)14(18)11-6-12(17)8-15-7-11/h4-8,10,17H,1-3H3. The summed E-state index contributed by atoms with van der Waals surface area (Å²) in [5, 5.41) is 9.37. The Kier molecular flexibility index (Phi) is 3.85. The Morgan fingerprint density at radius 2 is 2.16 bits per heavy atom. The largest absolute Gasteiger partial charge is 0.506 e. The highest BCUT2D eigenvalue weighted by molar-refractivity contribution is 7.12. The molecule has 19 heavy (non-hydrogen) atoms. The van der Waals surface area contributed by atoms with Gasteiger partial charge in [0.2, 0.25) is 0 Å². The quantitative estimate of drug-likeness (QED) is 0.937. The first-order valence-electron chi connectivity index (χ1n) is 5.96. The van der Waals surface area contributed by atoms with Crippen LogP contribution in [-0.4, -0.2) is 27.9 Å². The van der Waals surface area contributed by atoms with Crippen molar-refractivity contribution in [3.8, 4) is 5.75 Å². The molecule has 2 aromatic heterocycles. The molecule has 2 rings (SSSR count). The molecule has 0 bridgehead atoms. The van der Waals surface area contributed by atoms with E-state index in [4.69, 9.17) is 0 Å². The number of aryl methyl sites for hydroxylation is 1. The van der Waals surface area contributed by atoms with Gasteiger partial charge < -0.3 is 10.0 Å². The van der Waals surface area contributed by atoms with Crippen LogP contribution in [0.25, 0.3) is 0 Å². The van der Waals surface area contributed by atoms with E-state index < -0.39 is 0 Å². The van der Waals surface area contributed by atoms with Crippen molar-refractivity contribution in [2.75, 3.05) is 7.05 Å². The van der Waals surface area contributed by atoms with Crippen molar-refractivity contribution in [3.63, 3.8) is 0 Å². The highest BCUT2D eigenvalue weighted by Crippen LogP contribution is 2.27. The van der Waals surface area contributed by atoms with Crippen LogP contribution in [0.1, 0.15) is 33.1 Å². The smallest absolute Gasteiger partial charge is 0.255 e. The number of carbonyl (C=O) groups is 1. The van der Waals surface area contributed by atoms with E-state index in [1.165, 1.54) is 23.3 Å². The van der Waals surface area contributed by atoms with Crippen molar-refractivity contribution < 1.29 is 9.90 Å². The number of rotatable bonds is 3. The van der Waals surface area contributed by atoms with Gasteiger partial charge in [0.15, 0.2) is 0 Å². The average Bonchev–Trinajstić information content (AvgIpc) is 2.83. The molecule has 1 atom stereocenters. The van der Waals surface area contributed by atoms with Crippen LogP contribution in [0.2, 0.25) is 0 Å². The number of carbonyl (C=O) groups excluding carboxylic acids is 1. The molecule has 1 N–H and O–H groups in total. The van der Waals surface area contributed by atoms with Crippen LogP contribution in [0.15, 0.2) is 30.6 Å². The molecular weight excluding hydrogens is 260 g/mol. The topological polar surface area (TPSA) is 53.4 Å². The van der Waals surface area contributed by atoms with Gasteiger partial charge in [-0.2, -0.15) is 0 Å². The first-order chi connectivity index (χ1) is 8.99. The maximum absolute atomic E-state index is 12.3. The molecule has 0 fully saturated rings. The van der Waals surface area contributed by atoms with Gasteiger partial charge in [-0.3, -0.25) is 9.78 Å². The third-order valence-electron chi connectivity index (χ3n) is 3.04. The third kappa shape index (κ3) is 2.93. The molecule has 5 heteroatoms. The van der Waals surface area contributed by atoms with Crippen LogP contribution in [0, 0.1) is 6.92 Å². The van der Waals surface area contributed by atoms with Crippen LogP contribution < -0.4 is 0 Å². The van der Waals surface area contributed by atoms with Gasteiger partial charge >= 0.3 is 0 Å². The number of pyridine rings is 1. The number of amides is 1. The summed E-state index contributed by atoms with van der Waals surface area (Å²) in [5.74, 6) is -0.152. The molecule has 0 aliphatic carbocycles. The SMILES string of the molecule is Cc1ccc(C(C)N(C)C(=O)c2cncc(O)c2)s1. The summed E-state index contributed by atoms with van der Waals surface area (Å²) in [5.41, 5.74) is 0.391. The van der Waals surface area contributed by atoms with Crippen LogP contribution in [-0.2, 0) is 0 Å². The predicted octanol–water partition coefficient (Wildman–Crippen LogP) is 2.99. The van der Waals surface area contributed by atoms with Crippen LogP contribution in [0.4, 0.5) is 0 Å². The molecular formula is C14H16N2O2S. The fraction of sp³-hybridized carbons (Fsp3) is 0.286. The average molecular weight is 276 g/mol. The molecule has 4 nitrogen and oxygen atoms in total. The summed E-state index contributed by atoms with van der Waals surface area (Å²) in [4.78, 5) is 20.1. The first-order valence-corrected chi connectivity index (χ1v) is 6.78. The monoisotopic (exact) mass is 276 g/mol. The number of hydrogen-bond donors (Lipinski definition) is 1. The van der Waals surface area contributed by atoms with Gasteiger partial charge in [0, 0.05) is 23.0 Å². The van der Waals surface area contributed by atoms with E-state index >= 15 is 0 Å². The van der Waals surface area contributed by atoms with Crippen LogP contribution >= 0.6 is 11.3 Å².